The highest BCUT2D eigenvalue weighted by Crippen LogP contribution is 2.33. The van der Waals surface area contributed by atoms with Crippen LogP contribution in [0.2, 0.25) is 0 Å². The second kappa shape index (κ2) is 7.49. The number of rotatable bonds is 7. The second-order valence-corrected chi connectivity index (χ2v) is 8.14. The molecular formula is C14H29NO2S. The molecule has 0 aromatic carbocycles. The Kier molecular flexibility index (Phi) is 6.64. The minimum atomic E-state index is -2.83. The van der Waals surface area contributed by atoms with Crippen molar-refractivity contribution in [2.24, 2.45) is 11.8 Å². The first kappa shape index (κ1) is 16.0. The molecule has 4 heteroatoms. The number of hydrogen-bond donors (Lipinski definition) is 1. The van der Waals surface area contributed by atoms with Gasteiger partial charge in [0.25, 0.3) is 0 Å². The van der Waals surface area contributed by atoms with Crippen molar-refractivity contribution in [3.63, 3.8) is 0 Å². The van der Waals surface area contributed by atoms with Gasteiger partial charge in [0, 0.05) is 12.3 Å². The van der Waals surface area contributed by atoms with Crippen LogP contribution in [0, 0.1) is 11.8 Å². The number of nitrogens with one attached hydrogen (secondary N) is 1. The van der Waals surface area contributed by atoms with Crippen molar-refractivity contribution in [1.82, 2.24) is 5.32 Å². The molecule has 1 aliphatic rings. The summed E-state index contributed by atoms with van der Waals surface area (Å²) in [5.41, 5.74) is 0. The van der Waals surface area contributed by atoms with E-state index in [-0.39, 0.29) is 0 Å². The maximum Gasteiger partial charge on any atom is 0.147 e. The van der Waals surface area contributed by atoms with Gasteiger partial charge in [-0.05, 0) is 38.1 Å². The van der Waals surface area contributed by atoms with E-state index in [1.807, 2.05) is 7.05 Å². The lowest BCUT2D eigenvalue weighted by atomic mass is 9.76. The van der Waals surface area contributed by atoms with Crippen LogP contribution in [0.5, 0.6) is 0 Å². The van der Waals surface area contributed by atoms with Gasteiger partial charge in [-0.1, -0.05) is 32.6 Å². The predicted molar refractivity (Wildman–Crippen MR) is 77.5 cm³/mol. The number of hydrogen-bond acceptors (Lipinski definition) is 3. The fraction of sp³-hybridized carbons (Fsp3) is 1.00. The van der Waals surface area contributed by atoms with E-state index >= 15 is 0 Å². The molecule has 1 fully saturated rings. The van der Waals surface area contributed by atoms with E-state index in [1.54, 1.807) is 0 Å². The van der Waals surface area contributed by atoms with Gasteiger partial charge >= 0.3 is 0 Å². The van der Waals surface area contributed by atoms with Crippen molar-refractivity contribution >= 4 is 9.84 Å². The van der Waals surface area contributed by atoms with Crippen molar-refractivity contribution in [1.29, 1.82) is 0 Å². The highest BCUT2D eigenvalue weighted by molar-refractivity contribution is 7.90. The summed E-state index contributed by atoms with van der Waals surface area (Å²) >= 11 is 0. The molecule has 1 unspecified atom stereocenters. The molecule has 0 aromatic heterocycles. The second-order valence-electron chi connectivity index (χ2n) is 5.88. The lowest BCUT2D eigenvalue weighted by molar-refractivity contribution is 0.216. The molecule has 108 valence electrons. The van der Waals surface area contributed by atoms with E-state index in [0.717, 1.165) is 12.3 Å². The van der Waals surface area contributed by atoms with Gasteiger partial charge < -0.3 is 5.32 Å². The smallest absolute Gasteiger partial charge is 0.147 e. The summed E-state index contributed by atoms with van der Waals surface area (Å²) in [5, 5.41) is 3.33. The van der Waals surface area contributed by atoms with Gasteiger partial charge in [-0.2, -0.15) is 0 Å². The van der Waals surface area contributed by atoms with E-state index in [1.165, 1.54) is 44.8 Å². The molecule has 1 aliphatic carbocycles. The Morgan fingerprint density at radius 3 is 2.28 bits per heavy atom. The molecule has 0 radical (unpaired) electrons. The van der Waals surface area contributed by atoms with E-state index in [2.05, 4.69) is 12.2 Å². The van der Waals surface area contributed by atoms with Crippen molar-refractivity contribution < 1.29 is 8.42 Å². The van der Waals surface area contributed by atoms with Crippen molar-refractivity contribution in [3.05, 3.63) is 0 Å². The zero-order valence-corrected chi connectivity index (χ0v) is 12.9. The van der Waals surface area contributed by atoms with Gasteiger partial charge in [0.15, 0.2) is 0 Å². The molecule has 1 N–H and O–H groups in total. The van der Waals surface area contributed by atoms with E-state index < -0.39 is 9.84 Å². The summed E-state index contributed by atoms with van der Waals surface area (Å²) in [4.78, 5) is 0. The Bertz CT molecular complexity index is 319. The van der Waals surface area contributed by atoms with Crippen LogP contribution in [0.15, 0.2) is 0 Å². The summed E-state index contributed by atoms with van der Waals surface area (Å²) < 4.78 is 22.5. The quantitative estimate of drug-likeness (QED) is 0.777. The Labute approximate surface area is 113 Å². The molecular weight excluding hydrogens is 246 g/mol. The van der Waals surface area contributed by atoms with Crippen molar-refractivity contribution in [2.75, 3.05) is 19.1 Å². The lowest BCUT2D eigenvalue weighted by Crippen LogP contribution is -2.37. The maximum atomic E-state index is 11.2. The molecule has 1 rings (SSSR count). The molecule has 0 spiro atoms. The topological polar surface area (TPSA) is 46.2 Å². The SMILES string of the molecule is CCCC1CCC(C(CCS(C)(=O)=O)NC)CC1. The van der Waals surface area contributed by atoms with Crippen molar-refractivity contribution in [3.8, 4) is 0 Å². The molecule has 18 heavy (non-hydrogen) atoms. The summed E-state index contributed by atoms with van der Waals surface area (Å²) in [6.07, 6.45) is 9.93. The highest BCUT2D eigenvalue weighted by atomic mass is 32.2. The molecule has 0 aromatic rings. The minimum Gasteiger partial charge on any atom is -0.317 e. The molecule has 0 aliphatic heterocycles. The zero-order valence-electron chi connectivity index (χ0n) is 12.1. The Morgan fingerprint density at radius 2 is 1.83 bits per heavy atom. The summed E-state index contributed by atoms with van der Waals surface area (Å²) in [5.74, 6) is 1.90. The van der Waals surface area contributed by atoms with Gasteiger partial charge in [0.1, 0.15) is 9.84 Å². The average Bonchev–Trinajstić information content (AvgIpc) is 2.31. The summed E-state index contributed by atoms with van der Waals surface area (Å²) in [6, 6.07) is 0.377. The fourth-order valence-electron chi connectivity index (χ4n) is 3.24. The van der Waals surface area contributed by atoms with E-state index in [4.69, 9.17) is 0 Å². The predicted octanol–water partition coefficient (Wildman–Crippen LogP) is 2.62. The van der Waals surface area contributed by atoms with Crippen LogP contribution in [-0.4, -0.2) is 33.5 Å². The first-order chi connectivity index (χ1) is 8.46. The molecule has 0 heterocycles. The molecule has 1 atom stereocenters. The first-order valence-corrected chi connectivity index (χ1v) is 9.37. The summed E-state index contributed by atoms with van der Waals surface area (Å²) in [7, 11) is -0.864. The standard InChI is InChI=1S/C14H29NO2S/c1-4-5-12-6-8-13(9-7-12)14(15-2)10-11-18(3,16)17/h12-15H,4-11H2,1-3H3. The van der Waals surface area contributed by atoms with Gasteiger partial charge in [-0.15, -0.1) is 0 Å². The molecule has 0 amide bonds. The third-order valence-corrected chi connectivity index (χ3v) is 5.31. The van der Waals surface area contributed by atoms with Crippen LogP contribution in [0.1, 0.15) is 51.9 Å². The van der Waals surface area contributed by atoms with Gasteiger partial charge in [-0.3, -0.25) is 0 Å². The van der Waals surface area contributed by atoms with E-state index in [0.29, 0.717) is 17.7 Å². The third kappa shape index (κ3) is 5.70. The highest BCUT2D eigenvalue weighted by Gasteiger charge is 2.26. The summed E-state index contributed by atoms with van der Waals surface area (Å²) in [6.45, 7) is 2.26. The third-order valence-electron chi connectivity index (χ3n) is 4.33. The Balaban J connectivity index is 2.38. The van der Waals surface area contributed by atoms with Crippen LogP contribution >= 0.6 is 0 Å². The zero-order chi connectivity index (χ0) is 13.6. The fourth-order valence-corrected chi connectivity index (χ4v) is 3.93. The van der Waals surface area contributed by atoms with E-state index in [9.17, 15) is 8.42 Å². The van der Waals surface area contributed by atoms with Gasteiger partial charge in [0.2, 0.25) is 0 Å². The first-order valence-electron chi connectivity index (χ1n) is 7.31. The molecule has 0 saturated heterocycles. The van der Waals surface area contributed by atoms with Gasteiger partial charge in [-0.25, -0.2) is 8.42 Å². The normalized spacial score (nSPS) is 27.1. The van der Waals surface area contributed by atoms with Crippen LogP contribution in [0.4, 0.5) is 0 Å². The van der Waals surface area contributed by atoms with Crippen molar-refractivity contribution in [2.45, 2.75) is 57.9 Å². The van der Waals surface area contributed by atoms with Crippen LogP contribution < -0.4 is 5.32 Å². The average molecular weight is 275 g/mol. The number of sulfone groups is 1. The molecule has 0 bridgehead atoms. The van der Waals surface area contributed by atoms with Crippen LogP contribution in [0.25, 0.3) is 0 Å². The molecule has 3 nitrogen and oxygen atoms in total. The lowest BCUT2D eigenvalue weighted by Gasteiger charge is -2.33. The van der Waals surface area contributed by atoms with Crippen LogP contribution in [0.3, 0.4) is 0 Å². The van der Waals surface area contributed by atoms with Crippen LogP contribution in [-0.2, 0) is 9.84 Å². The molecule has 1 saturated carbocycles. The maximum absolute atomic E-state index is 11.2. The Hall–Kier alpha value is -0.0900. The van der Waals surface area contributed by atoms with Gasteiger partial charge in [0.05, 0.1) is 5.75 Å². The largest absolute Gasteiger partial charge is 0.317 e. The Morgan fingerprint density at radius 1 is 1.22 bits per heavy atom. The monoisotopic (exact) mass is 275 g/mol. The minimum absolute atomic E-state index is 0.313.